The molecule has 2 aromatic carbocycles. The lowest BCUT2D eigenvalue weighted by atomic mass is 10.1. The second kappa shape index (κ2) is 14.7. The summed E-state index contributed by atoms with van der Waals surface area (Å²) in [7, 11) is -2.81. The molecule has 2 heterocycles. The maximum absolute atomic E-state index is 13.3. The fourth-order valence-electron chi connectivity index (χ4n) is 4.57. The van der Waals surface area contributed by atoms with Gasteiger partial charge in [0.15, 0.2) is 11.8 Å². The molecule has 4 aromatic rings. The van der Waals surface area contributed by atoms with Crippen LogP contribution in [0.15, 0.2) is 65.7 Å². The van der Waals surface area contributed by atoms with Crippen LogP contribution in [0.5, 0.6) is 17.2 Å². The summed E-state index contributed by atoms with van der Waals surface area (Å²) < 4.78 is 28.1. The van der Waals surface area contributed by atoms with Crippen molar-refractivity contribution in [3.05, 3.63) is 83.3 Å². The summed E-state index contributed by atoms with van der Waals surface area (Å²) in [6.07, 6.45) is 2.00. The third kappa shape index (κ3) is 8.60. The molecule has 2 N–H and O–H groups in total. The van der Waals surface area contributed by atoms with Gasteiger partial charge in [-0.25, -0.2) is 9.59 Å². The number of aliphatic hydroxyl groups is 1. The Balaban J connectivity index is 1.61. The number of carbonyl (C=O) groups is 2. The van der Waals surface area contributed by atoms with Crippen LogP contribution in [0.25, 0.3) is 10.9 Å². The average Bonchev–Trinajstić information content (AvgIpc) is 3.35. The average molecular weight is 652 g/mol. The number of aromatic nitrogens is 2. The number of hydrogen-bond acceptors (Lipinski definition) is 11. The van der Waals surface area contributed by atoms with Crippen LogP contribution in [0.1, 0.15) is 57.0 Å². The molecule has 0 aliphatic rings. The van der Waals surface area contributed by atoms with Gasteiger partial charge in [-0.15, -0.1) is 0 Å². The van der Waals surface area contributed by atoms with Crippen molar-refractivity contribution in [2.75, 3.05) is 0 Å². The van der Waals surface area contributed by atoms with Crippen molar-refractivity contribution in [3.8, 4) is 17.2 Å². The monoisotopic (exact) mass is 651 g/mol. The van der Waals surface area contributed by atoms with Crippen molar-refractivity contribution >= 4 is 31.1 Å². The Labute approximate surface area is 268 Å². The van der Waals surface area contributed by atoms with E-state index in [4.69, 9.17) is 18.7 Å². The first-order valence-corrected chi connectivity index (χ1v) is 15.8. The van der Waals surface area contributed by atoms with Crippen LogP contribution in [0.4, 0.5) is 4.79 Å². The van der Waals surface area contributed by atoms with Crippen LogP contribution in [0.2, 0.25) is 0 Å². The summed E-state index contributed by atoms with van der Waals surface area (Å²) in [6, 6.07) is 12.4. The van der Waals surface area contributed by atoms with Crippen LogP contribution < -0.4 is 14.2 Å². The lowest BCUT2D eigenvalue weighted by Gasteiger charge is -2.19. The van der Waals surface area contributed by atoms with Gasteiger partial charge in [-0.05, 0) is 65.3 Å². The number of ether oxygens (including phenoxy) is 3. The minimum absolute atomic E-state index is 0.0295. The largest absolute Gasteiger partial charge is 0.575 e. The number of rotatable bonds is 11. The molecule has 2 unspecified atom stereocenters. The van der Waals surface area contributed by atoms with Gasteiger partial charge in [0.05, 0.1) is 23.9 Å². The highest BCUT2D eigenvalue weighted by Gasteiger charge is 2.29. The Morgan fingerprint density at radius 3 is 2.41 bits per heavy atom. The Hall–Kier alpha value is -4.51. The zero-order chi connectivity index (χ0) is 33.6. The van der Waals surface area contributed by atoms with E-state index in [2.05, 4.69) is 9.73 Å². The van der Waals surface area contributed by atoms with Gasteiger partial charge in [0.2, 0.25) is 5.75 Å². The lowest BCUT2D eigenvalue weighted by Crippen LogP contribution is -2.27. The maximum atomic E-state index is 13.3. The lowest BCUT2D eigenvalue weighted by molar-refractivity contribution is -0.170. The number of para-hydroxylation sites is 3. The van der Waals surface area contributed by atoms with Crippen molar-refractivity contribution in [1.82, 2.24) is 9.55 Å². The van der Waals surface area contributed by atoms with Gasteiger partial charge in [-0.1, -0.05) is 35.1 Å². The first-order valence-electron chi connectivity index (χ1n) is 14.6. The van der Waals surface area contributed by atoms with Crippen LogP contribution in [0.3, 0.4) is 0 Å². The van der Waals surface area contributed by atoms with Crippen molar-refractivity contribution < 1.29 is 43.4 Å². The van der Waals surface area contributed by atoms with Crippen LogP contribution in [-0.4, -0.2) is 49.6 Å². The molecule has 0 amide bonds. The smallest absolute Gasteiger partial charge is 0.419 e. The molecule has 2 aromatic heterocycles. The van der Waals surface area contributed by atoms with Crippen molar-refractivity contribution in [2.24, 2.45) is 4.74 Å². The SMILES string of the molecule is Cc1ncc(COc2ccccc2O/[P+]([O-])=N\C(Cc2cn(C(=O)OC(C)(C)C)c3ccccc23)C(=O)OC(C)C)c(CO)c1O. The molecule has 244 valence electrons. The topological polar surface area (TPSA) is 165 Å². The molecule has 12 nitrogen and oxygen atoms in total. The van der Waals surface area contributed by atoms with E-state index in [9.17, 15) is 24.7 Å². The van der Waals surface area contributed by atoms with E-state index in [-0.39, 0.29) is 35.8 Å². The number of pyridine rings is 1. The van der Waals surface area contributed by atoms with Crippen LogP contribution in [0, 0.1) is 6.92 Å². The van der Waals surface area contributed by atoms with Crippen molar-refractivity contribution in [3.63, 3.8) is 0 Å². The second-order valence-electron chi connectivity index (χ2n) is 11.8. The summed E-state index contributed by atoms with van der Waals surface area (Å²) >= 11 is 0. The molecule has 13 heteroatoms. The Bertz CT molecular complexity index is 1740. The number of aliphatic hydroxyl groups excluding tert-OH is 1. The molecule has 46 heavy (non-hydrogen) atoms. The highest BCUT2D eigenvalue weighted by molar-refractivity contribution is 7.34. The predicted molar refractivity (Wildman–Crippen MR) is 170 cm³/mol. The fourth-order valence-corrected chi connectivity index (χ4v) is 5.34. The summed E-state index contributed by atoms with van der Waals surface area (Å²) in [5, 5.41) is 20.7. The quantitative estimate of drug-likeness (QED) is 0.152. The maximum Gasteiger partial charge on any atom is 0.419 e. The van der Waals surface area contributed by atoms with Gasteiger partial charge < -0.3 is 29.3 Å². The Morgan fingerprint density at radius 1 is 1.07 bits per heavy atom. The molecule has 0 fully saturated rings. The third-order valence-electron chi connectivity index (χ3n) is 6.65. The van der Waals surface area contributed by atoms with Crippen molar-refractivity contribution in [1.29, 1.82) is 0 Å². The number of nitrogens with zero attached hydrogens (tertiary/aromatic N) is 3. The van der Waals surface area contributed by atoms with E-state index in [1.165, 1.54) is 16.8 Å². The number of fused-ring (bicyclic) bond motifs is 1. The van der Waals surface area contributed by atoms with E-state index in [0.717, 1.165) is 0 Å². The molecular formula is C33H38N3O9P. The normalized spacial score (nSPS) is 12.7. The Kier molecular flexibility index (Phi) is 11.0. The summed E-state index contributed by atoms with van der Waals surface area (Å²) in [6.45, 7) is 9.82. The van der Waals surface area contributed by atoms with Gasteiger partial charge in [0.25, 0.3) is 0 Å². The number of benzene rings is 2. The van der Waals surface area contributed by atoms with E-state index in [1.807, 2.05) is 12.1 Å². The molecule has 0 spiro atoms. The minimum atomic E-state index is -2.81. The van der Waals surface area contributed by atoms with E-state index < -0.39 is 44.6 Å². The third-order valence-corrected chi connectivity index (χ3v) is 7.47. The molecule has 0 saturated heterocycles. The zero-order valence-corrected chi connectivity index (χ0v) is 27.5. The van der Waals surface area contributed by atoms with E-state index >= 15 is 0 Å². The van der Waals surface area contributed by atoms with Gasteiger partial charge in [-0.3, -0.25) is 14.1 Å². The molecule has 0 saturated carbocycles. The first kappa shape index (κ1) is 34.4. The molecular weight excluding hydrogens is 613 g/mol. The minimum Gasteiger partial charge on any atom is -0.575 e. The van der Waals surface area contributed by atoms with Crippen molar-refractivity contribution in [2.45, 2.75) is 78.9 Å². The Morgan fingerprint density at radius 2 is 1.74 bits per heavy atom. The van der Waals surface area contributed by atoms with Gasteiger partial charge in [0, 0.05) is 35.3 Å². The molecule has 2 atom stereocenters. The summed E-state index contributed by atoms with van der Waals surface area (Å²) in [5.41, 5.74) is 1.56. The number of aromatic hydroxyl groups is 1. The number of aryl methyl sites for hydroxylation is 1. The molecule has 4 rings (SSSR count). The molecule has 0 radical (unpaired) electrons. The second-order valence-corrected chi connectivity index (χ2v) is 12.7. The van der Waals surface area contributed by atoms with Gasteiger partial charge in [0.1, 0.15) is 18.0 Å². The predicted octanol–water partition coefficient (Wildman–Crippen LogP) is 5.70. The summed E-state index contributed by atoms with van der Waals surface area (Å²) in [5.74, 6) is -0.515. The van der Waals surface area contributed by atoms with Crippen LogP contribution in [-0.2, 0) is 33.9 Å². The van der Waals surface area contributed by atoms with E-state index in [0.29, 0.717) is 27.7 Å². The van der Waals surface area contributed by atoms with Gasteiger partial charge >= 0.3 is 20.2 Å². The standard InChI is InChI=1S/C33H38N3O9P/c1-20(2)43-31(39)26(15-22-17-36(32(40)44-33(4,5)6)27-12-8-7-11-24(22)27)35-46(41)45-29-14-10-9-13-28(29)42-19-23-16-34-21(3)30(38)25(23)18-37/h7-14,16-17,20,26,37-38H,15,18-19H2,1-6H3. The number of carbonyl (C=O) groups excluding carboxylic acids is 2. The highest BCUT2D eigenvalue weighted by atomic mass is 31.1. The van der Waals surface area contributed by atoms with E-state index in [1.54, 1.807) is 78.1 Å². The summed E-state index contributed by atoms with van der Waals surface area (Å²) in [4.78, 5) is 43.6. The zero-order valence-electron chi connectivity index (χ0n) is 26.6. The van der Waals surface area contributed by atoms with Gasteiger partial charge in [-0.2, -0.15) is 0 Å². The number of hydrogen-bond donors (Lipinski definition) is 2. The molecule has 0 bridgehead atoms. The fraction of sp³-hybridized carbons (Fsp3) is 0.364. The number of esters is 1. The molecule has 0 aliphatic heterocycles. The van der Waals surface area contributed by atoms with Crippen LogP contribution >= 0.6 is 8.17 Å². The highest BCUT2D eigenvalue weighted by Crippen LogP contribution is 2.35. The first-order chi connectivity index (χ1) is 21.8. The molecule has 0 aliphatic carbocycles.